The molecule has 0 fully saturated rings. The van der Waals surface area contributed by atoms with Gasteiger partial charge < -0.3 is 5.73 Å². The Hall–Kier alpha value is -2.19. The summed E-state index contributed by atoms with van der Waals surface area (Å²) in [7, 11) is 0. The van der Waals surface area contributed by atoms with Crippen LogP contribution in [0.5, 0.6) is 0 Å². The highest BCUT2D eigenvalue weighted by molar-refractivity contribution is 7.99. The molecule has 2 heteroatoms. The van der Waals surface area contributed by atoms with Crippen molar-refractivity contribution in [3.05, 3.63) is 78.9 Å². The minimum Gasteiger partial charge on any atom is -0.398 e. The third-order valence-corrected chi connectivity index (χ3v) is 4.19. The molecule has 20 heavy (non-hydrogen) atoms. The summed E-state index contributed by atoms with van der Waals surface area (Å²) in [4.78, 5) is 2.45. The molecule has 0 atom stereocenters. The van der Waals surface area contributed by atoms with Crippen LogP contribution in [0, 0.1) is 0 Å². The first-order valence-electron chi connectivity index (χ1n) is 6.51. The highest BCUT2D eigenvalue weighted by Crippen LogP contribution is 2.37. The Morgan fingerprint density at radius 1 is 0.600 bits per heavy atom. The third-order valence-electron chi connectivity index (χ3n) is 3.11. The van der Waals surface area contributed by atoms with E-state index in [4.69, 9.17) is 5.73 Å². The number of hydrogen-bond donors (Lipinski definition) is 1. The highest BCUT2D eigenvalue weighted by Gasteiger charge is 2.08. The van der Waals surface area contributed by atoms with Gasteiger partial charge in [0.1, 0.15) is 0 Å². The second kappa shape index (κ2) is 5.85. The van der Waals surface area contributed by atoms with Crippen LogP contribution in [0.2, 0.25) is 0 Å². The van der Waals surface area contributed by atoms with Crippen molar-refractivity contribution < 1.29 is 0 Å². The Balaban J connectivity index is 2.03. The summed E-state index contributed by atoms with van der Waals surface area (Å²) in [5.74, 6) is 0. The van der Waals surface area contributed by atoms with Gasteiger partial charge in [-0.15, -0.1) is 0 Å². The van der Waals surface area contributed by atoms with Gasteiger partial charge in [0.15, 0.2) is 0 Å². The lowest BCUT2D eigenvalue weighted by molar-refractivity contribution is 1.40. The van der Waals surface area contributed by atoms with E-state index in [1.165, 1.54) is 15.4 Å². The first-order valence-corrected chi connectivity index (χ1v) is 7.33. The van der Waals surface area contributed by atoms with Crippen LogP contribution in [0.3, 0.4) is 0 Å². The van der Waals surface area contributed by atoms with E-state index in [1.807, 2.05) is 24.3 Å². The van der Waals surface area contributed by atoms with Gasteiger partial charge in [-0.25, -0.2) is 0 Å². The molecule has 0 bridgehead atoms. The number of anilines is 1. The molecule has 0 aromatic heterocycles. The Kier molecular flexibility index (Phi) is 3.75. The fraction of sp³-hybridized carbons (Fsp3) is 0. The first-order chi connectivity index (χ1) is 9.84. The summed E-state index contributed by atoms with van der Waals surface area (Å²) in [5, 5.41) is 0. The minimum atomic E-state index is 0.814. The van der Waals surface area contributed by atoms with E-state index in [1.54, 1.807) is 11.8 Å². The predicted octanol–water partition coefficient (Wildman–Crippen LogP) is 5.09. The standard InChI is InChI=1S/C18H15NS/c19-17-12-6-4-10-15(17)16-11-5-7-13-18(16)20-14-8-2-1-3-9-14/h1-13H,19H2. The van der Waals surface area contributed by atoms with E-state index in [0.29, 0.717) is 0 Å². The lowest BCUT2D eigenvalue weighted by Crippen LogP contribution is -1.90. The van der Waals surface area contributed by atoms with Crippen LogP contribution >= 0.6 is 11.8 Å². The Bertz CT molecular complexity index is 707. The molecule has 0 unspecified atom stereocenters. The lowest BCUT2D eigenvalue weighted by Gasteiger charge is -2.11. The van der Waals surface area contributed by atoms with Gasteiger partial charge in [0.25, 0.3) is 0 Å². The second-order valence-electron chi connectivity index (χ2n) is 4.50. The molecule has 3 aromatic carbocycles. The maximum Gasteiger partial charge on any atom is 0.0394 e. The van der Waals surface area contributed by atoms with Crippen LogP contribution in [0.4, 0.5) is 5.69 Å². The zero-order valence-electron chi connectivity index (χ0n) is 11.0. The molecule has 0 aliphatic rings. The van der Waals surface area contributed by atoms with E-state index in [-0.39, 0.29) is 0 Å². The van der Waals surface area contributed by atoms with Crippen LogP contribution in [0.15, 0.2) is 88.7 Å². The van der Waals surface area contributed by atoms with Crippen molar-refractivity contribution in [2.24, 2.45) is 0 Å². The first kappa shape index (κ1) is 12.8. The lowest BCUT2D eigenvalue weighted by atomic mass is 10.0. The van der Waals surface area contributed by atoms with Crippen LogP contribution in [-0.4, -0.2) is 0 Å². The van der Waals surface area contributed by atoms with Gasteiger partial charge in [-0.05, 0) is 29.8 Å². The van der Waals surface area contributed by atoms with Crippen LogP contribution in [-0.2, 0) is 0 Å². The van der Waals surface area contributed by atoms with Crippen LogP contribution in [0.1, 0.15) is 0 Å². The highest BCUT2D eigenvalue weighted by atomic mass is 32.2. The van der Waals surface area contributed by atoms with Gasteiger partial charge in [0.05, 0.1) is 0 Å². The molecule has 0 heterocycles. The minimum absolute atomic E-state index is 0.814. The van der Waals surface area contributed by atoms with Crippen molar-refractivity contribution in [3.8, 4) is 11.1 Å². The summed E-state index contributed by atoms with van der Waals surface area (Å²) in [6, 6.07) is 26.8. The zero-order valence-corrected chi connectivity index (χ0v) is 11.8. The molecule has 0 saturated carbocycles. The summed E-state index contributed by atoms with van der Waals surface area (Å²) in [6.07, 6.45) is 0. The largest absolute Gasteiger partial charge is 0.398 e. The fourth-order valence-electron chi connectivity index (χ4n) is 2.14. The molecule has 3 aromatic rings. The van der Waals surface area contributed by atoms with Gasteiger partial charge in [-0.1, -0.05) is 66.4 Å². The molecule has 0 radical (unpaired) electrons. The van der Waals surface area contributed by atoms with Crippen molar-refractivity contribution in [3.63, 3.8) is 0 Å². The molecule has 3 rings (SSSR count). The Morgan fingerprint density at radius 3 is 1.95 bits per heavy atom. The quantitative estimate of drug-likeness (QED) is 0.675. The van der Waals surface area contributed by atoms with E-state index in [0.717, 1.165) is 11.3 Å². The van der Waals surface area contributed by atoms with Crippen molar-refractivity contribution in [2.45, 2.75) is 9.79 Å². The summed E-state index contributed by atoms with van der Waals surface area (Å²) >= 11 is 1.76. The zero-order chi connectivity index (χ0) is 13.8. The SMILES string of the molecule is Nc1ccccc1-c1ccccc1Sc1ccccc1. The molecule has 0 aliphatic heterocycles. The molecule has 1 nitrogen and oxygen atoms in total. The number of nitrogen functional groups attached to an aromatic ring is 1. The van der Waals surface area contributed by atoms with E-state index >= 15 is 0 Å². The topological polar surface area (TPSA) is 26.0 Å². The summed E-state index contributed by atoms with van der Waals surface area (Å²) in [5.41, 5.74) is 9.19. The van der Waals surface area contributed by atoms with Gasteiger partial charge in [0, 0.05) is 21.0 Å². The Morgan fingerprint density at radius 2 is 1.20 bits per heavy atom. The molecule has 0 spiro atoms. The number of para-hydroxylation sites is 1. The van der Waals surface area contributed by atoms with Crippen LogP contribution < -0.4 is 5.73 Å². The van der Waals surface area contributed by atoms with Gasteiger partial charge in [-0.2, -0.15) is 0 Å². The van der Waals surface area contributed by atoms with E-state index < -0.39 is 0 Å². The molecule has 2 N–H and O–H groups in total. The third kappa shape index (κ3) is 2.70. The number of nitrogens with two attached hydrogens (primary N) is 1. The average molecular weight is 277 g/mol. The maximum atomic E-state index is 6.11. The molecular formula is C18H15NS. The van der Waals surface area contributed by atoms with Crippen molar-refractivity contribution in [2.75, 3.05) is 5.73 Å². The maximum absolute atomic E-state index is 6.11. The number of rotatable bonds is 3. The molecular weight excluding hydrogens is 262 g/mol. The number of benzene rings is 3. The molecule has 0 saturated heterocycles. The van der Waals surface area contributed by atoms with Gasteiger partial charge >= 0.3 is 0 Å². The monoisotopic (exact) mass is 277 g/mol. The fourth-order valence-corrected chi connectivity index (χ4v) is 3.12. The van der Waals surface area contributed by atoms with Crippen molar-refractivity contribution in [1.29, 1.82) is 0 Å². The van der Waals surface area contributed by atoms with Gasteiger partial charge in [0.2, 0.25) is 0 Å². The smallest absolute Gasteiger partial charge is 0.0394 e. The van der Waals surface area contributed by atoms with Crippen LogP contribution in [0.25, 0.3) is 11.1 Å². The van der Waals surface area contributed by atoms with Gasteiger partial charge in [-0.3, -0.25) is 0 Å². The normalized spacial score (nSPS) is 10.4. The van der Waals surface area contributed by atoms with E-state index in [9.17, 15) is 0 Å². The second-order valence-corrected chi connectivity index (χ2v) is 5.61. The summed E-state index contributed by atoms with van der Waals surface area (Å²) in [6.45, 7) is 0. The molecule has 98 valence electrons. The molecule has 0 amide bonds. The predicted molar refractivity (Wildman–Crippen MR) is 86.9 cm³/mol. The van der Waals surface area contributed by atoms with Crippen molar-refractivity contribution in [1.82, 2.24) is 0 Å². The number of hydrogen-bond acceptors (Lipinski definition) is 2. The van der Waals surface area contributed by atoms with E-state index in [2.05, 4.69) is 54.6 Å². The Labute approximate surface area is 123 Å². The average Bonchev–Trinajstić information content (AvgIpc) is 2.50. The summed E-state index contributed by atoms with van der Waals surface area (Å²) < 4.78 is 0. The van der Waals surface area contributed by atoms with Crippen molar-refractivity contribution >= 4 is 17.4 Å². The molecule has 0 aliphatic carbocycles.